The molecule has 3 aliphatic heterocycles. The Hall–Kier alpha value is -6.18. The number of hydrogen-bond acceptors (Lipinski definition) is 10. The van der Waals surface area contributed by atoms with E-state index in [1.807, 2.05) is 58.9 Å². The predicted molar refractivity (Wildman–Crippen MR) is 290 cm³/mol. The fourth-order valence-electron chi connectivity index (χ4n) is 10.1. The summed E-state index contributed by atoms with van der Waals surface area (Å²) in [6, 6.07) is 7.55. The predicted octanol–water partition coefficient (Wildman–Crippen LogP) is 2.42. The molecule has 7 N–H and O–H groups in total. The van der Waals surface area contributed by atoms with Crippen LogP contribution in [0.1, 0.15) is 118 Å². The lowest BCUT2D eigenvalue weighted by Crippen LogP contribution is -2.62. The topological polar surface area (TPSA) is 261 Å². The molecule has 1 unspecified atom stereocenters. The van der Waals surface area contributed by atoms with Crippen molar-refractivity contribution < 1.29 is 47.4 Å². The van der Waals surface area contributed by atoms with E-state index in [4.69, 9.17) is 0 Å². The van der Waals surface area contributed by atoms with Gasteiger partial charge in [0, 0.05) is 48.7 Å². The van der Waals surface area contributed by atoms with Crippen LogP contribution in [0.5, 0.6) is 0 Å². The summed E-state index contributed by atoms with van der Waals surface area (Å²) in [7, 11) is -1.39. The van der Waals surface area contributed by atoms with Gasteiger partial charge >= 0.3 is 0 Å². The molecule has 0 aliphatic carbocycles. The van der Waals surface area contributed by atoms with E-state index < -0.39 is 136 Å². The van der Waals surface area contributed by atoms with Crippen molar-refractivity contribution in [2.45, 2.75) is 174 Å². The third kappa shape index (κ3) is 16.7. The van der Waals surface area contributed by atoms with Crippen LogP contribution < -0.4 is 37.2 Å². The maximum atomic E-state index is 14.8. The normalized spacial score (nSPS) is 27.5. The maximum Gasteiger partial charge on any atom is 0.246 e. The minimum Gasteiger partial charge on any atom is -0.343 e. The summed E-state index contributed by atoms with van der Waals surface area (Å²) >= 11 is 0. The second kappa shape index (κ2) is 28.8. The first-order chi connectivity index (χ1) is 36.1. The van der Waals surface area contributed by atoms with Gasteiger partial charge in [-0.15, -0.1) is 0 Å². The van der Waals surface area contributed by atoms with Crippen LogP contribution in [0.2, 0.25) is 0 Å². The average molecular weight is 1070 g/mol. The molecule has 2 aromatic rings. The summed E-state index contributed by atoms with van der Waals surface area (Å²) in [6.45, 7) is 14.9. The summed E-state index contributed by atoms with van der Waals surface area (Å²) in [5.41, 5.74) is 1.40. The lowest BCUT2D eigenvalue weighted by Gasteiger charge is -2.35. The third-order valence-corrected chi connectivity index (χ3v) is 15.8. The van der Waals surface area contributed by atoms with E-state index in [0.29, 0.717) is 49.7 Å². The van der Waals surface area contributed by atoms with Crippen LogP contribution in [-0.2, 0) is 66.8 Å². The number of rotatable bonds is 14. The highest BCUT2D eigenvalue weighted by atomic mass is 32.2. The molecule has 5 rings (SSSR count). The zero-order chi connectivity index (χ0) is 55.8. The smallest absolute Gasteiger partial charge is 0.246 e. The van der Waals surface area contributed by atoms with Gasteiger partial charge in [0.1, 0.15) is 54.4 Å². The molecule has 418 valence electrons. The standard InChI is InChI=1S/C56H83N9O10S/c1-10-35(7)46-54(72)57-39(26-29-76(9)75)48(66)58-40(30-33(3)4)50(68)63-47(36(8)11-2)56(74)65-28-19-25-44(65)55(73)64-27-18-24-43(64)52(70)60-41(31-37-20-14-12-15-21-37)49(67)59-42(32-38-22-16-13-17-23-38)51(69)61-45(34(5)6)53(71)62-46/h12-17,20-23,33-36,39-47H,10-11,18-19,24-32H2,1-9H3,(H,57,72)(H,58,66)(H,59,67)(H,60,70)(H,61,69)(H,62,71)(H,63,68)/t35-,36-,39-,40-,41-,42-,43-,44-,45-,46-,47-,76?/m0/s1. The SMILES string of the molecule is CC[C@H](C)[C@@H]1NC(=O)[C@H](C(C)C)NC(=O)[C@H](Cc2ccccc2)NC(=O)[C@H](Cc2ccccc2)NC(=O)[C@@H]2CCCN2C(=O)[C@@H]2CCCN2C(=O)[C@H]([C@@H](C)CC)NC(=O)[C@H](CC(C)C)NC(=O)[C@H](CCS(C)=O)NC1=O. The Balaban J connectivity index is 1.61. The average Bonchev–Trinajstić information content (AvgIpc) is 4.10. The van der Waals surface area contributed by atoms with Crippen molar-refractivity contribution >= 4 is 64.0 Å². The molecule has 0 spiro atoms. The van der Waals surface area contributed by atoms with Crippen molar-refractivity contribution in [3.8, 4) is 0 Å². The van der Waals surface area contributed by atoms with Crippen molar-refractivity contribution in [1.29, 1.82) is 0 Å². The molecule has 12 atom stereocenters. The number of carbonyl (C=O) groups is 9. The Bertz CT molecular complexity index is 2370. The summed E-state index contributed by atoms with van der Waals surface area (Å²) in [4.78, 5) is 134. The van der Waals surface area contributed by atoms with Gasteiger partial charge < -0.3 is 47.0 Å². The van der Waals surface area contributed by atoms with E-state index in [-0.39, 0.29) is 50.4 Å². The van der Waals surface area contributed by atoms with Crippen LogP contribution in [0.3, 0.4) is 0 Å². The van der Waals surface area contributed by atoms with Gasteiger partial charge in [0.2, 0.25) is 53.2 Å². The van der Waals surface area contributed by atoms with E-state index in [0.717, 1.165) is 0 Å². The zero-order valence-electron chi connectivity index (χ0n) is 45.9. The minimum atomic E-state index is -1.39. The van der Waals surface area contributed by atoms with Crippen molar-refractivity contribution in [1.82, 2.24) is 47.0 Å². The van der Waals surface area contributed by atoms with Gasteiger partial charge in [-0.1, -0.05) is 129 Å². The van der Waals surface area contributed by atoms with Crippen molar-refractivity contribution in [3.05, 3.63) is 71.8 Å². The molecule has 0 aromatic heterocycles. The molecule has 3 saturated heterocycles. The van der Waals surface area contributed by atoms with Crippen LogP contribution in [0.4, 0.5) is 0 Å². The van der Waals surface area contributed by atoms with E-state index in [2.05, 4.69) is 37.2 Å². The molecule has 20 heteroatoms. The van der Waals surface area contributed by atoms with Gasteiger partial charge in [0.15, 0.2) is 0 Å². The van der Waals surface area contributed by atoms with Crippen molar-refractivity contribution in [2.24, 2.45) is 23.7 Å². The Morgan fingerprint density at radius 3 is 1.45 bits per heavy atom. The van der Waals surface area contributed by atoms with Gasteiger partial charge in [-0.2, -0.15) is 0 Å². The van der Waals surface area contributed by atoms with Crippen LogP contribution in [0.15, 0.2) is 60.7 Å². The fraction of sp³-hybridized carbons (Fsp3) is 0.625. The molecule has 0 bridgehead atoms. The van der Waals surface area contributed by atoms with Crippen molar-refractivity contribution in [2.75, 3.05) is 25.1 Å². The minimum absolute atomic E-state index is 0.000696. The number of hydrogen-bond donors (Lipinski definition) is 7. The third-order valence-electron chi connectivity index (χ3n) is 15.0. The lowest BCUT2D eigenvalue weighted by atomic mass is 9.95. The summed E-state index contributed by atoms with van der Waals surface area (Å²) in [6.07, 6.45) is 4.03. The summed E-state index contributed by atoms with van der Waals surface area (Å²) in [5, 5.41) is 20.0. The molecule has 9 amide bonds. The monoisotopic (exact) mass is 1070 g/mol. The van der Waals surface area contributed by atoms with Crippen molar-refractivity contribution in [3.63, 3.8) is 0 Å². The zero-order valence-corrected chi connectivity index (χ0v) is 46.7. The summed E-state index contributed by atoms with van der Waals surface area (Å²) in [5.74, 6) is -7.25. The first kappa shape index (κ1) is 60.7. The van der Waals surface area contributed by atoms with Gasteiger partial charge in [0.05, 0.1) is 0 Å². The fourth-order valence-corrected chi connectivity index (χ4v) is 10.6. The Morgan fingerprint density at radius 1 is 0.500 bits per heavy atom. The van der Waals surface area contributed by atoms with Crippen LogP contribution >= 0.6 is 0 Å². The second-order valence-electron chi connectivity index (χ2n) is 21.7. The van der Waals surface area contributed by atoms with Crippen LogP contribution in [0.25, 0.3) is 0 Å². The molecule has 76 heavy (non-hydrogen) atoms. The highest BCUT2D eigenvalue weighted by Crippen LogP contribution is 2.27. The van der Waals surface area contributed by atoms with Gasteiger partial charge in [-0.05, 0) is 73.3 Å². The van der Waals surface area contributed by atoms with Crippen LogP contribution in [-0.4, -0.2) is 147 Å². The number of fused-ring (bicyclic) bond motifs is 2. The number of carbonyl (C=O) groups excluding carboxylic acids is 9. The number of amides is 9. The number of nitrogens with one attached hydrogen (secondary N) is 7. The maximum absolute atomic E-state index is 14.8. The van der Waals surface area contributed by atoms with E-state index in [1.165, 1.54) is 16.1 Å². The van der Waals surface area contributed by atoms with Gasteiger partial charge in [-0.25, -0.2) is 0 Å². The van der Waals surface area contributed by atoms with E-state index in [9.17, 15) is 47.4 Å². The Kier molecular flexibility index (Phi) is 23.0. The molecule has 3 aliphatic rings. The Labute approximate surface area is 451 Å². The largest absolute Gasteiger partial charge is 0.343 e. The quantitative estimate of drug-likeness (QED) is 0.145. The van der Waals surface area contributed by atoms with Crippen LogP contribution in [0, 0.1) is 23.7 Å². The molecular weight excluding hydrogens is 991 g/mol. The summed E-state index contributed by atoms with van der Waals surface area (Å²) < 4.78 is 12.5. The van der Waals surface area contributed by atoms with Gasteiger partial charge in [-0.3, -0.25) is 47.4 Å². The molecule has 0 radical (unpaired) electrons. The highest BCUT2D eigenvalue weighted by molar-refractivity contribution is 7.84. The molecule has 3 fully saturated rings. The molecular formula is C56H83N9O10S. The number of benzene rings is 2. The van der Waals surface area contributed by atoms with Gasteiger partial charge in [0.25, 0.3) is 0 Å². The first-order valence-corrected chi connectivity index (χ1v) is 29.0. The Morgan fingerprint density at radius 2 is 0.921 bits per heavy atom. The lowest BCUT2D eigenvalue weighted by molar-refractivity contribution is -0.149. The van der Waals surface area contributed by atoms with E-state index in [1.54, 1.807) is 57.2 Å². The number of nitrogens with zero attached hydrogens (tertiary/aromatic N) is 2. The second-order valence-corrected chi connectivity index (χ2v) is 23.2. The molecule has 19 nitrogen and oxygen atoms in total. The first-order valence-electron chi connectivity index (χ1n) is 27.2. The van der Waals surface area contributed by atoms with E-state index >= 15 is 0 Å². The molecule has 0 saturated carbocycles. The highest BCUT2D eigenvalue weighted by Gasteiger charge is 2.46. The molecule has 3 heterocycles. The molecule has 2 aromatic carbocycles.